The zero-order valence-electron chi connectivity index (χ0n) is 14.2. The summed E-state index contributed by atoms with van der Waals surface area (Å²) in [6.07, 6.45) is 0.849. The molecule has 0 saturated heterocycles. The van der Waals surface area contributed by atoms with Gasteiger partial charge in [0.05, 0.1) is 0 Å². The van der Waals surface area contributed by atoms with Crippen molar-refractivity contribution >= 4 is 17.5 Å². The Kier molecular flexibility index (Phi) is 4.46. The fourth-order valence-corrected chi connectivity index (χ4v) is 4.53. The molecule has 0 saturated carbocycles. The first-order valence-electron chi connectivity index (χ1n) is 8.66. The fraction of sp³-hybridized carbons (Fsp3) is 0.174. The first-order chi connectivity index (χ1) is 12.2. The summed E-state index contributed by atoms with van der Waals surface area (Å²) < 4.78 is 0. The molecule has 0 bridgehead atoms. The van der Waals surface area contributed by atoms with Crippen LogP contribution in [-0.2, 0) is 12.2 Å². The molecule has 1 atom stereocenters. The SMILES string of the molecule is CC1Cc2c(cccc2-c2ccccc2SCc2ccccc2)C1=O. The number of benzene rings is 3. The van der Waals surface area contributed by atoms with Gasteiger partial charge in [-0.1, -0.05) is 73.7 Å². The van der Waals surface area contributed by atoms with Crippen molar-refractivity contribution in [3.63, 3.8) is 0 Å². The third-order valence-corrected chi connectivity index (χ3v) is 5.96. The summed E-state index contributed by atoms with van der Waals surface area (Å²) in [5, 5.41) is 0. The molecule has 1 aliphatic carbocycles. The molecule has 0 aromatic heterocycles. The molecule has 0 spiro atoms. The van der Waals surface area contributed by atoms with Crippen molar-refractivity contribution in [3.8, 4) is 11.1 Å². The number of hydrogen-bond acceptors (Lipinski definition) is 2. The van der Waals surface area contributed by atoms with Crippen LogP contribution < -0.4 is 0 Å². The molecule has 0 fully saturated rings. The van der Waals surface area contributed by atoms with E-state index in [2.05, 4.69) is 54.6 Å². The molecule has 0 heterocycles. The highest BCUT2D eigenvalue weighted by molar-refractivity contribution is 7.98. The fourth-order valence-electron chi connectivity index (χ4n) is 3.50. The smallest absolute Gasteiger partial charge is 0.166 e. The molecule has 3 aromatic carbocycles. The quantitative estimate of drug-likeness (QED) is 0.538. The molecular formula is C23H20OS. The van der Waals surface area contributed by atoms with E-state index < -0.39 is 0 Å². The lowest BCUT2D eigenvalue weighted by Crippen LogP contribution is -2.02. The minimum absolute atomic E-state index is 0.0975. The summed E-state index contributed by atoms with van der Waals surface area (Å²) in [5.41, 5.74) is 5.90. The van der Waals surface area contributed by atoms with E-state index >= 15 is 0 Å². The van der Waals surface area contributed by atoms with E-state index in [0.717, 1.165) is 17.7 Å². The number of fused-ring (bicyclic) bond motifs is 1. The zero-order valence-corrected chi connectivity index (χ0v) is 15.1. The number of ketones is 1. The van der Waals surface area contributed by atoms with Crippen LogP contribution in [0.25, 0.3) is 11.1 Å². The van der Waals surface area contributed by atoms with Gasteiger partial charge in [0, 0.05) is 22.1 Å². The van der Waals surface area contributed by atoms with Crippen LogP contribution in [0, 0.1) is 5.92 Å². The molecule has 1 aliphatic rings. The maximum atomic E-state index is 12.4. The highest BCUT2D eigenvalue weighted by Crippen LogP contribution is 2.39. The van der Waals surface area contributed by atoms with Crippen LogP contribution in [0.5, 0.6) is 0 Å². The number of hydrogen-bond donors (Lipinski definition) is 0. The first kappa shape index (κ1) is 16.2. The van der Waals surface area contributed by atoms with Gasteiger partial charge in [-0.15, -0.1) is 11.8 Å². The standard InChI is InChI=1S/C23H20OS/c1-16-14-21-18(11-7-12-20(21)23(16)24)19-10-5-6-13-22(19)25-15-17-8-3-2-4-9-17/h2-13,16H,14-15H2,1H3. The molecule has 0 N–H and O–H groups in total. The number of thioether (sulfide) groups is 1. The Labute approximate surface area is 153 Å². The van der Waals surface area contributed by atoms with Crippen molar-refractivity contribution in [2.45, 2.75) is 24.0 Å². The van der Waals surface area contributed by atoms with Crippen LogP contribution in [0.4, 0.5) is 0 Å². The Morgan fingerprint density at radius 3 is 2.36 bits per heavy atom. The van der Waals surface area contributed by atoms with Crippen LogP contribution in [-0.4, -0.2) is 5.78 Å². The lowest BCUT2D eigenvalue weighted by atomic mass is 9.96. The molecular weight excluding hydrogens is 324 g/mol. The lowest BCUT2D eigenvalue weighted by Gasteiger charge is -2.13. The molecule has 3 aromatic rings. The molecule has 0 aliphatic heterocycles. The van der Waals surface area contributed by atoms with Crippen molar-refractivity contribution in [1.82, 2.24) is 0 Å². The van der Waals surface area contributed by atoms with Gasteiger partial charge >= 0.3 is 0 Å². The summed E-state index contributed by atoms with van der Waals surface area (Å²) in [6.45, 7) is 2.03. The summed E-state index contributed by atoms with van der Waals surface area (Å²) in [7, 11) is 0. The predicted molar refractivity (Wildman–Crippen MR) is 105 cm³/mol. The van der Waals surface area contributed by atoms with Gasteiger partial charge in [-0.25, -0.2) is 0 Å². The van der Waals surface area contributed by atoms with Gasteiger partial charge in [0.1, 0.15) is 0 Å². The maximum Gasteiger partial charge on any atom is 0.166 e. The predicted octanol–water partition coefficient (Wildman–Crippen LogP) is 6.02. The van der Waals surface area contributed by atoms with E-state index in [4.69, 9.17) is 0 Å². The number of carbonyl (C=O) groups excluding carboxylic acids is 1. The third-order valence-electron chi connectivity index (χ3n) is 4.81. The molecule has 124 valence electrons. The average molecular weight is 344 g/mol. The van der Waals surface area contributed by atoms with Crippen molar-refractivity contribution in [1.29, 1.82) is 0 Å². The maximum absolute atomic E-state index is 12.4. The van der Waals surface area contributed by atoms with Crippen LogP contribution >= 0.6 is 11.8 Å². The normalized spacial score (nSPS) is 16.0. The largest absolute Gasteiger partial charge is 0.294 e. The number of carbonyl (C=O) groups is 1. The number of Topliss-reactive ketones (excluding diaryl/α,β-unsaturated/α-hetero) is 1. The van der Waals surface area contributed by atoms with Gasteiger partial charge in [0.15, 0.2) is 5.78 Å². The van der Waals surface area contributed by atoms with Gasteiger partial charge in [-0.05, 0) is 34.7 Å². The highest BCUT2D eigenvalue weighted by Gasteiger charge is 2.29. The zero-order chi connectivity index (χ0) is 17.2. The molecule has 0 amide bonds. The van der Waals surface area contributed by atoms with Crippen LogP contribution in [0.2, 0.25) is 0 Å². The van der Waals surface area contributed by atoms with E-state index in [1.54, 1.807) is 0 Å². The van der Waals surface area contributed by atoms with E-state index in [1.165, 1.54) is 27.1 Å². The molecule has 4 rings (SSSR count). The second-order valence-electron chi connectivity index (χ2n) is 6.57. The Bertz CT molecular complexity index is 914. The Hall–Kier alpha value is -2.32. The minimum atomic E-state index is 0.0975. The molecule has 2 heteroatoms. The van der Waals surface area contributed by atoms with E-state index in [1.807, 2.05) is 36.9 Å². The topological polar surface area (TPSA) is 17.1 Å². The summed E-state index contributed by atoms with van der Waals surface area (Å²) in [4.78, 5) is 13.6. The van der Waals surface area contributed by atoms with Crippen molar-refractivity contribution < 1.29 is 4.79 Å². The van der Waals surface area contributed by atoms with Gasteiger partial charge in [-0.2, -0.15) is 0 Å². The van der Waals surface area contributed by atoms with E-state index in [-0.39, 0.29) is 11.7 Å². The Morgan fingerprint density at radius 2 is 1.52 bits per heavy atom. The van der Waals surface area contributed by atoms with Crippen molar-refractivity contribution in [2.24, 2.45) is 5.92 Å². The van der Waals surface area contributed by atoms with Gasteiger partial charge < -0.3 is 0 Å². The number of rotatable bonds is 4. The van der Waals surface area contributed by atoms with Crippen molar-refractivity contribution in [3.05, 3.63) is 89.5 Å². The van der Waals surface area contributed by atoms with E-state index in [9.17, 15) is 4.79 Å². The first-order valence-corrected chi connectivity index (χ1v) is 9.65. The summed E-state index contributed by atoms with van der Waals surface area (Å²) in [5.74, 6) is 1.33. The second kappa shape index (κ2) is 6.89. The third kappa shape index (κ3) is 3.14. The van der Waals surface area contributed by atoms with Crippen LogP contribution in [0.15, 0.2) is 77.7 Å². The highest BCUT2D eigenvalue weighted by atomic mass is 32.2. The monoisotopic (exact) mass is 344 g/mol. The van der Waals surface area contributed by atoms with Gasteiger partial charge in [0.25, 0.3) is 0 Å². The molecule has 1 unspecified atom stereocenters. The minimum Gasteiger partial charge on any atom is -0.294 e. The second-order valence-corrected chi connectivity index (χ2v) is 7.59. The molecule has 1 nitrogen and oxygen atoms in total. The lowest BCUT2D eigenvalue weighted by molar-refractivity contribution is 0.0946. The van der Waals surface area contributed by atoms with Crippen LogP contribution in [0.1, 0.15) is 28.4 Å². The average Bonchev–Trinajstić information content (AvgIpc) is 2.96. The Morgan fingerprint density at radius 1 is 0.840 bits per heavy atom. The van der Waals surface area contributed by atoms with E-state index in [0.29, 0.717) is 0 Å². The molecule has 25 heavy (non-hydrogen) atoms. The summed E-state index contributed by atoms with van der Waals surface area (Å²) >= 11 is 1.86. The van der Waals surface area contributed by atoms with Gasteiger partial charge in [0.2, 0.25) is 0 Å². The Balaban J connectivity index is 1.70. The van der Waals surface area contributed by atoms with Crippen LogP contribution in [0.3, 0.4) is 0 Å². The summed E-state index contributed by atoms with van der Waals surface area (Å²) in [6, 6.07) is 25.2. The van der Waals surface area contributed by atoms with Gasteiger partial charge in [-0.3, -0.25) is 4.79 Å². The van der Waals surface area contributed by atoms with Crippen molar-refractivity contribution in [2.75, 3.05) is 0 Å². The molecule has 0 radical (unpaired) electrons.